The molecule has 2 aliphatic rings. The Morgan fingerprint density at radius 1 is 1.30 bits per heavy atom. The first kappa shape index (κ1) is 13.0. The lowest BCUT2D eigenvalue weighted by Crippen LogP contribution is -2.53. The molecule has 0 atom stereocenters. The van der Waals surface area contributed by atoms with Crippen molar-refractivity contribution in [1.29, 1.82) is 0 Å². The van der Waals surface area contributed by atoms with Crippen LogP contribution < -0.4 is 10.1 Å². The molecule has 0 aromatic heterocycles. The van der Waals surface area contributed by atoms with Crippen LogP contribution in [0.2, 0.25) is 0 Å². The number of rotatable bonds is 0. The molecule has 5 nitrogen and oxygen atoms in total. The third-order valence-electron chi connectivity index (χ3n) is 4.15. The fourth-order valence-electron chi connectivity index (χ4n) is 2.86. The number of benzene rings is 1. The molecule has 5 heteroatoms. The number of amides is 2. The second-order valence-electron chi connectivity index (χ2n) is 5.47. The lowest BCUT2D eigenvalue weighted by molar-refractivity contribution is -0.132. The van der Waals surface area contributed by atoms with Crippen molar-refractivity contribution in [3.05, 3.63) is 29.8 Å². The number of carbonyl (C=O) groups excluding carboxylic acids is 2. The van der Waals surface area contributed by atoms with Gasteiger partial charge in [0.25, 0.3) is 5.91 Å². The second-order valence-corrected chi connectivity index (χ2v) is 5.47. The summed E-state index contributed by atoms with van der Waals surface area (Å²) in [6, 6.07) is 7.31. The maximum absolute atomic E-state index is 12.0. The lowest BCUT2D eigenvalue weighted by atomic mass is 9.91. The van der Waals surface area contributed by atoms with E-state index < -0.39 is 5.60 Å². The molecule has 2 aliphatic heterocycles. The van der Waals surface area contributed by atoms with E-state index in [1.54, 1.807) is 13.0 Å². The van der Waals surface area contributed by atoms with E-state index >= 15 is 0 Å². The summed E-state index contributed by atoms with van der Waals surface area (Å²) < 4.78 is 6.16. The largest absolute Gasteiger partial charge is 0.484 e. The standard InChI is InChI=1S/C15H18N2O3/c1-11(18)17-8-6-15(7-9-17)10-16-14(19)12-4-2-3-5-13(12)20-15/h2-5H,6-10H2,1H3,(H,16,19). The molecular weight excluding hydrogens is 256 g/mol. The number of likely N-dealkylation sites (tertiary alicyclic amines) is 1. The summed E-state index contributed by atoms with van der Waals surface area (Å²) in [7, 11) is 0. The van der Waals surface area contributed by atoms with Gasteiger partial charge < -0.3 is 15.0 Å². The quantitative estimate of drug-likeness (QED) is 0.773. The number of para-hydroxylation sites is 1. The predicted molar refractivity (Wildman–Crippen MR) is 73.6 cm³/mol. The van der Waals surface area contributed by atoms with Crippen LogP contribution in [0.3, 0.4) is 0 Å². The fraction of sp³-hybridized carbons (Fsp3) is 0.467. The summed E-state index contributed by atoms with van der Waals surface area (Å²) in [6.45, 7) is 3.43. The van der Waals surface area contributed by atoms with Crippen LogP contribution in [0.25, 0.3) is 0 Å². The van der Waals surface area contributed by atoms with Crippen LogP contribution in [-0.4, -0.2) is 41.9 Å². The van der Waals surface area contributed by atoms with Crippen LogP contribution in [-0.2, 0) is 4.79 Å². The highest BCUT2D eigenvalue weighted by molar-refractivity contribution is 5.97. The number of ether oxygens (including phenoxy) is 1. The maximum atomic E-state index is 12.0. The molecule has 0 radical (unpaired) electrons. The molecule has 106 valence electrons. The Kier molecular flexibility index (Phi) is 3.12. The van der Waals surface area contributed by atoms with E-state index in [-0.39, 0.29) is 11.8 Å². The van der Waals surface area contributed by atoms with E-state index in [9.17, 15) is 9.59 Å². The van der Waals surface area contributed by atoms with Gasteiger partial charge in [0.2, 0.25) is 5.91 Å². The average molecular weight is 274 g/mol. The van der Waals surface area contributed by atoms with Crippen molar-refractivity contribution in [3.63, 3.8) is 0 Å². The lowest BCUT2D eigenvalue weighted by Gasteiger charge is -2.40. The van der Waals surface area contributed by atoms with Crippen LogP contribution >= 0.6 is 0 Å². The number of nitrogens with one attached hydrogen (secondary N) is 1. The van der Waals surface area contributed by atoms with Gasteiger partial charge in [-0.15, -0.1) is 0 Å². The highest BCUT2D eigenvalue weighted by Gasteiger charge is 2.40. The molecule has 0 aliphatic carbocycles. The molecular formula is C15H18N2O3. The van der Waals surface area contributed by atoms with Gasteiger partial charge in [-0.1, -0.05) is 12.1 Å². The average Bonchev–Trinajstić information content (AvgIpc) is 2.58. The normalized spacial score (nSPS) is 20.6. The molecule has 2 heterocycles. The van der Waals surface area contributed by atoms with E-state index in [1.807, 2.05) is 23.1 Å². The van der Waals surface area contributed by atoms with Crippen molar-refractivity contribution in [2.45, 2.75) is 25.4 Å². The first-order valence-electron chi connectivity index (χ1n) is 6.91. The van der Waals surface area contributed by atoms with Crippen molar-refractivity contribution in [2.75, 3.05) is 19.6 Å². The van der Waals surface area contributed by atoms with E-state index in [4.69, 9.17) is 4.74 Å². The molecule has 2 amide bonds. The minimum atomic E-state index is -0.395. The number of nitrogens with zero attached hydrogens (tertiary/aromatic N) is 1. The number of hydrogen-bond acceptors (Lipinski definition) is 3. The van der Waals surface area contributed by atoms with Gasteiger partial charge in [0, 0.05) is 32.9 Å². The molecule has 0 unspecified atom stereocenters. The number of fused-ring (bicyclic) bond motifs is 1. The molecule has 0 saturated carbocycles. The van der Waals surface area contributed by atoms with E-state index in [2.05, 4.69) is 5.32 Å². The van der Waals surface area contributed by atoms with Crippen molar-refractivity contribution in [1.82, 2.24) is 10.2 Å². The Morgan fingerprint density at radius 2 is 2.00 bits per heavy atom. The van der Waals surface area contributed by atoms with Crippen LogP contribution in [0.1, 0.15) is 30.1 Å². The van der Waals surface area contributed by atoms with Crippen LogP contribution in [0.5, 0.6) is 5.75 Å². The summed E-state index contributed by atoms with van der Waals surface area (Å²) in [5.74, 6) is 0.642. The molecule has 20 heavy (non-hydrogen) atoms. The molecule has 1 spiro atoms. The summed E-state index contributed by atoms with van der Waals surface area (Å²) in [6.07, 6.45) is 1.47. The summed E-state index contributed by atoms with van der Waals surface area (Å²) in [5.41, 5.74) is 0.187. The van der Waals surface area contributed by atoms with Crippen LogP contribution in [0.15, 0.2) is 24.3 Å². The van der Waals surface area contributed by atoms with Crippen molar-refractivity contribution >= 4 is 11.8 Å². The number of carbonyl (C=O) groups is 2. The minimum absolute atomic E-state index is 0.0912. The zero-order valence-corrected chi connectivity index (χ0v) is 11.5. The zero-order valence-electron chi connectivity index (χ0n) is 11.5. The van der Waals surface area contributed by atoms with Gasteiger partial charge in [0.15, 0.2) is 0 Å². The van der Waals surface area contributed by atoms with Gasteiger partial charge in [0.05, 0.1) is 12.1 Å². The molecule has 1 aromatic rings. The molecule has 3 rings (SSSR count). The predicted octanol–water partition coefficient (Wildman–Crippen LogP) is 1.19. The number of piperidine rings is 1. The van der Waals surface area contributed by atoms with Gasteiger partial charge in [-0.25, -0.2) is 0 Å². The monoisotopic (exact) mass is 274 g/mol. The number of hydrogen-bond donors (Lipinski definition) is 1. The first-order chi connectivity index (χ1) is 9.60. The minimum Gasteiger partial charge on any atom is -0.484 e. The van der Waals surface area contributed by atoms with Gasteiger partial charge in [0.1, 0.15) is 11.4 Å². The molecule has 0 bridgehead atoms. The molecule has 1 aromatic carbocycles. The van der Waals surface area contributed by atoms with Gasteiger partial charge in [-0.3, -0.25) is 9.59 Å². The Hall–Kier alpha value is -2.04. The van der Waals surface area contributed by atoms with E-state index in [0.29, 0.717) is 30.9 Å². The highest BCUT2D eigenvalue weighted by atomic mass is 16.5. The van der Waals surface area contributed by atoms with Crippen molar-refractivity contribution in [2.24, 2.45) is 0 Å². The maximum Gasteiger partial charge on any atom is 0.255 e. The Balaban J connectivity index is 1.83. The third-order valence-corrected chi connectivity index (χ3v) is 4.15. The molecule has 1 fully saturated rings. The van der Waals surface area contributed by atoms with Gasteiger partial charge >= 0.3 is 0 Å². The first-order valence-corrected chi connectivity index (χ1v) is 6.91. The fourth-order valence-corrected chi connectivity index (χ4v) is 2.86. The highest BCUT2D eigenvalue weighted by Crippen LogP contribution is 2.32. The molecule has 1 N–H and O–H groups in total. The smallest absolute Gasteiger partial charge is 0.255 e. The van der Waals surface area contributed by atoms with Gasteiger partial charge in [-0.2, -0.15) is 0 Å². The Bertz CT molecular complexity index is 548. The molecule has 1 saturated heterocycles. The SMILES string of the molecule is CC(=O)N1CCC2(CC1)CNC(=O)c1ccccc1O2. The zero-order chi connectivity index (χ0) is 14.2. The van der Waals surface area contributed by atoms with Crippen molar-refractivity contribution < 1.29 is 14.3 Å². The second kappa shape index (κ2) is 4.81. The van der Waals surface area contributed by atoms with Crippen LogP contribution in [0, 0.1) is 0 Å². The van der Waals surface area contributed by atoms with Gasteiger partial charge in [-0.05, 0) is 12.1 Å². The Labute approximate surface area is 117 Å². The van der Waals surface area contributed by atoms with Crippen LogP contribution in [0.4, 0.5) is 0 Å². The topological polar surface area (TPSA) is 58.6 Å². The van der Waals surface area contributed by atoms with E-state index in [0.717, 1.165) is 12.8 Å². The summed E-state index contributed by atoms with van der Waals surface area (Å²) >= 11 is 0. The van der Waals surface area contributed by atoms with E-state index in [1.165, 1.54) is 0 Å². The van der Waals surface area contributed by atoms with Crippen molar-refractivity contribution in [3.8, 4) is 5.75 Å². The third kappa shape index (κ3) is 2.24. The summed E-state index contributed by atoms with van der Waals surface area (Å²) in [5, 5.41) is 2.94. The summed E-state index contributed by atoms with van der Waals surface area (Å²) in [4.78, 5) is 25.3. The Morgan fingerprint density at radius 3 is 2.70 bits per heavy atom.